The fraction of sp³-hybridized carbons (Fsp3) is 0. The normalized spacial score (nSPS) is 11.6. The molecule has 10 rings (SSSR count). The van der Waals surface area contributed by atoms with E-state index in [0.717, 1.165) is 16.5 Å². The average Bonchev–Trinajstić information content (AvgIpc) is 3.53. The summed E-state index contributed by atoms with van der Waals surface area (Å²) in [5.41, 5.74) is 12.5. The second kappa shape index (κ2) is 11.4. The Hall–Kier alpha value is -6.78. The molecule has 1 aliphatic carbocycles. The maximum Gasteiger partial charge on any atom is 0.182 e. The summed E-state index contributed by atoms with van der Waals surface area (Å²) in [6.07, 6.45) is 1.77. The van der Waals surface area contributed by atoms with E-state index in [-0.39, 0.29) is 0 Å². The van der Waals surface area contributed by atoms with Crippen molar-refractivity contribution in [1.82, 2.24) is 19.9 Å². The molecule has 2 heterocycles. The third-order valence-corrected chi connectivity index (χ3v) is 9.72. The third-order valence-electron chi connectivity index (χ3n) is 9.72. The van der Waals surface area contributed by atoms with Gasteiger partial charge in [-0.15, -0.1) is 0 Å². The predicted molar refractivity (Wildman–Crippen MR) is 204 cm³/mol. The molecule has 4 heteroatoms. The molecule has 0 bridgehead atoms. The molecule has 0 spiro atoms. The Labute approximate surface area is 289 Å². The molecule has 0 unspecified atom stereocenters. The molecule has 0 amide bonds. The largest absolute Gasteiger partial charge is 0.253 e. The summed E-state index contributed by atoms with van der Waals surface area (Å²) in [4.78, 5) is 19.7. The van der Waals surface area contributed by atoms with Crippen LogP contribution in [0.4, 0.5) is 0 Å². The number of nitrogens with zero attached hydrogens (tertiary/aromatic N) is 4. The summed E-state index contributed by atoms with van der Waals surface area (Å²) in [6, 6.07) is 57.5. The van der Waals surface area contributed by atoms with Gasteiger partial charge < -0.3 is 0 Å². The van der Waals surface area contributed by atoms with Crippen LogP contribution in [0.15, 0.2) is 170 Å². The van der Waals surface area contributed by atoms with E-state index in [4.69, 9.17) is 15.0 Å². The van der Waals surface area contributed by atoms with Crippen molar-refractivity contribution in [3.63, 3.8) is 0 Å². The fourth-order valence-electron chi connectivity index (χ4n) is 7.63. The first-order chi connectivity index (χ1) is 24.8. The molecule has 0 atom stereocenters. The van der Waals surface area contributed by atoms with Gasteiger partial charge in [-0.2, -0.15) is 0 Å². The first kappa shape index (κ1) is 28.3. The van der Waals surface area contributed by atoms with E-state index in [9.17, 15) is 0 Å². The SMILES string of the molecule is c1ccc(-c2nc(-c3ccccn3)nc(-c3ccc4c5c(cccc35)-c3c-4c(-c4ccccc4)c4ccccc4c3-c3ccccc3)n2)cc1. The van der Waals surface area contributed by atoms with Crippen molar-refractivity contribution in [2.45, 2.75) is 0 Å². The van der Waals surface area contributed by atoms with Crippen LogP contribution in [0, 0.1) is 0 Å². The fourth-order valence-corrected chi connectivity index (χ4v) is 7.63. The molecule has 0 saturated heterocycles. The van der Waals surface area contributed by atoms with Gasteiger partial charge in [0.25, 0.3) is 0 Å². The van der Waals surface area contributed by atoms with E-state index in [0.29, 0.717) is 23.2 Å². The molecule has 9 aromatic rings. The van der Waals surface area contributed by atoms with E-state index in [1.807, 2.05) is 48.5 Å². The summed E-state index contributed by atoms with van der Waals surface area (Å²) < 4.78 is 0. The van der Waals surface area contributed by atoms with Gasteiger partial charge in [0.15, 0.2) is 17.5 Å². The minimum atomic E-state index is 0.546. The van der Waals surface area contributed by atoms with Gasteiger partial charge in [-0.05, 0) is 84.3 Å². The summed E-state index contributed by atoms with van der Waals surface area (Å²) >= 11 is 0. The highest BCUT2D eigenvalue weighted by Gasteiger charge is 2.31. The van der Waals surface area contributed by atoms with Crippen LogP contribution in [-0.2, 0) is 0 Å². The molecule has 232 valence electrons. The molecule has 0 radical (unpaired) electrons. The number of hydrogen-bond donors (Lipinski definition) is 0. The maximum absolute atomic E-state index is 5.10. The van der Waals surface area contributed by atoms with Gasteiger partial charge in [0.2, 0.25) is 0 Å². The van der Waals surface area contributed by atoms with Gasteiger partial charge in [0.05, 0.1) is 0 Å². The number of aromatic nitrogens is 4. The highest BCUT2D eigenvalue weighted by molar-refractivity contribution is 6.28. The minimum Gasteiger partial charge on any atom is -0.253 e. The summed E-state index contributed by atoms with van der Waals surface area (Å²) in [5, 5.41) is 4.80. The lowest BCUT2D eigenvalue weighted by atomic mass is 9.82. The molecular formula is C46H28N4. The van der Waals surface area contributed by atoms with E-state index in [1.165, 1.54) is 60.7 Å². The first-order valence-corrected chi connectivity index (χ1v) is 16.8. The van der Waals surface area contributed by atoms with Crippen molar-refractivity contribution in [1.29, 1.82) is 0 Å². The van der Waals surface area contributed by atoms with Gasteiger partial charge in [-0.25, -0.2) is 15.0 Å². The maximum atomic E-state index is 5.10. The predicted octanol–water partition coefficient (Wildman–Crippen LogP) is 11.6. The van der Waals surface area contributed by atoms with Crippen molar-refractivity contribution in [3.8, 4) is 78.8 Å². The zero-order chi connectivity index (χ0) is 33.0. The first-order valence-electron chi connectivity index (χ1n) is 16.8. The van der Waals surface area contributed by atoms with Crippen LogP contribution in [0.3, 0.4) is 0 Å². The molecule has 4 nitrogen and oxygen atoms in total. The Balaban J connectivity index is 1.30. The highest BCUT2D eigenvalue weighted by atomic mass is 15.0. The lowest BCUT2D eigenvalue weighted by Gasteiger charge is -2.20. The number of fused-ring (bicyclic) bond motifs is 4. The van der Waals surface area contributed by atoms with Crippen LogP contribution in [0.2, 0.25) is 0 Å². The second-order valence-corrected chi connectivity index (χ2v) is 12.6. The zero-order valence-corrected chi connectivity index (χ0v) is 27.0. The summed E-state index contributed by atoms with van der Waals surface area (Å²) in [7, 11) is 0. The molecule has 0 saturated carbocycles. The van der Waals surface area contributed by atoms with Crippen LogP contribution >= 0.6 is 0 Å². The van der Waals surface area contributed by atoms with Crippen LogP contribution in [0.1, 0.15) is 0 Å². The van der Waals surface area contributed by atoms with Crippen molar-refractivity contribution >= 4 is 21.5 Å². The lowest BCUT2D eigenvalue weighted by molar-refractivity contribution is 1.06. The van der Waals surface area contributed by atoms with Crippen LogP contribution in [0.25, 0.3) is 100 Å². The molecule has 1 aliphatic rings. The van der Waals surface area contributed by atoms with E-state index in [1.54, 1.807) is 6.20 Å². The number of benzene rings is 7. The molecule has 2 aromatic heterocycles. The standard InChI is InChI=1S/C46H28N4/c1-4-15-29(16-5-1)39-32-21-10-11-22-33(32)40(30-17-6-2-7-18-30)43-37-27-26-35(34-23-14-24-36(41(34)37)42(39)43)45-48-44(31-19-8-3-9-20-31)49-46(50-45)38-25-12-13-28-47-38/h1-28H. The number of pyridine rings is 1. The molecule has 0 N–H and O–H groups in total. The van der Waals surface area contributed by atoms with Crippen molar-refractivity contribution in [3.05, 3.63) is 170 Å². The molecule has 50 heavy (non-hydrogen) atoms. The number of rotatable bonds is 5. The Kier molecular flexibility index (Phi) is 6.46. The topological polar surface area (TPSA) is 51.6 Å². The van der Waals surface area contributed by atoms with Gasteiger partial charge in [-0.1, -0.05) is 146 Å². The third kappa shape index (κ3) is 4.39. The quantitative estimate of drug-likeness (QED) is 0.189. The van der Waals surface area contributed by atoms with Gasteiger partial charge in [0, 0.05) is 17.3 Å². The van der Waals surface area contributed by atoms with Crippen molar-refractivity contribution in [2.24, 2.45) is 0 Å². The Morgan fingerprint density at radius 1 is 0.300 bits per heavy atom. The average molecular weight is 637 g/mol. The lowest BCUT2D eigenvalue weighted by Crippen LogP contribution is -2.01. The van der Waals surface area contributed by atoms with E-state index in [2.05, 4.69) is 120 Å². The molecule has 7 aromatic carbocycles. The van der Waals surface area contributed by atoms with E-state index >= 15 is 0 Å². The Morgan fingerprint density at radius 3 is 1.42 bits per heavy atom. The minimum absolute atomic E-state index is 0.546. The number of hydrogen-bond acceptors (Lipinski definition) is 4. The van der Waals surface area contributed by atoms with Crippen LogP contribution in [0.5, 0.6) is 0 Å². The van der Waals surface area contributed by atoms with Gasteiger partial charge >= 0.3 is 0 Å². The second-order valence-electron chi connectivity index (χ2n) is 12.6. The van der Waals surface area contributed by atoms with Crippen LogP contribution < -0.4 is 0 Å². The van der Waals surface area contributed by atoms with E-state index < -0.39 is 0 Å². The molecular weight excluding hydrogens is 609 g/mol. The van der Waals surface area contributed by atoms with Gasteiger partial charge in [-0.3, -0.25) is 4.98 Å². The monoisotopic (exact) mass is 636 g/mol. The van der Waals surface area contributed by atoms with Gasteiger partial charge in [0.1, 0.15) is 5.69 Å². The Bertz CT molecular complexity index is 2580. The van der Waals surface area contributed by atoms with Crippen molar-refractivity contribution < 1.29 is 0 Å². The Morgan fingerprint density at radius 2 is 0.800 bits per heavy atom. The molecule has 0 fully saturated rings. The van der Waals surface area contributed by atoms with Crippen LogP contribution in [-0.4, -0.2) is 19.9 Å². The zero-order valence-electron chi connectivity index (χ0n) is 27.0. The smallest absolute Gasteiger partial charge is 0.182 e. The summed E-state index contributed by atoms with van der Waals surface area (Å²) in [6.45, 7) is 0. The summed E-state index contributed by atoms with van der Waals surface area (Å²) in [5.74, 6) is 1.78. The van der Waals surface area contributed by atoms with Crippen molar-refractivity contribution in [2.75, 3.05) is 0 Å². The highest BCUT2D eigenvalue weighted by Crippen LogP contribution is 2.58. The molecule has 0 aliphatic heterocycles.